The number of hydrogen-bond acceptors (Lipinski definition) is 3. The highest BCUT2D eigenvalue weighted by Gasteiger charge is 2.20. The third kappa shape index (κ3) is 2.47. The van der Waals surface area contributed by atoms with Crippen LogP contribution in [0.2, 0.25) is 5.02 Å². The van der Waals surface area contributed by atoms with Crippen LogP contribution in [0.4, 0.5) is 0 Å². The van der Waals surface area contributed by atoms with E-state index in [2.05, 4.69) is 4.74 Å². The van der Waals surface area contributed by atoms with E-state index in [9.17, 15) is 9.90 Å². The first kappa shape index (κ1) is 11.0. The van der Waals surface area contributed by atoms with Gasteiger partial charge < -0.3 is 9.84 Å². The molecule has 1 rings (SSSR count). The Morgan fingerprint density at radius 1 is 1.57 bits per heavy atom. The Hall–Kier alpha value is -1.06. The molecule has 14 heavy (non-hydrogen) atoms. The molecule has 0 saturated carbocycles. The van der Waals surface area contributed by atoms with Crippen LogP contribution in [-0.4, -0.2) is 17.7 Å². The number of aliphatic hydroxyl groups is 1. The normalized spacial score (nSPS) is 12.2. The summed E-state index contributed by atoms with van der Waals surface area (Å²) in [6.07, 6.45) is -1.30. The van der Waals surface area contributed by atoms with Crippen molar-refractivity contribution in [2.75, 3.05) is 6.61 Å². The second-order valence-electron chi connectivity index (χ2n) is 2.68. The molecule has 1 atom stereocenters. The summed E-state index contributed by atoms with van der Waals surface area (Å²) in [5.41, 5.74) is 0.368. The summed E-state index contributed by atoms with van der Waals surface area (Å²) < 4.78 is 4.67. The minimum atomic E-state index is -1.30. The van der Waals surface area contributed by atoms with Gasteiger partial charge in [0.25, 0.3) is 0 Å². The largest absolute Gasteiger partial charge is 0.464 e. The van der Waals surface area contributed by atoms with Gasteiger partial charge in [0.2, 0.25) is 0 Å². The van der Waals surface area contributed by atoms with Gasteiger partial charge in [-0.05, 0) is 13.0 Å². The molecule has 0 saturated heterocycles. The Kier molecular flexibility index (Phi) is 3.92. The van der Waals surface area contributed by atoms with E-state index in [1.54, 1.807) is 31.2 Å². The zero-order chi connectivity index (χ0) is 10.6. The summed E-state index contributed by atoms with van der Waals surface area (Å²) >= 11 is 5.80. The molecule has 3 nitrogen and oxygen atoms in total. The number of esters is 1. The summed E-state index contributed by atoms with van der Waals surface area (Å²) in [5, 5.41) is 9.90. The van der Waals surface area contributed by atoms with Crippen LogP contribution in [0.25, 0.3) is 0 Å². The molecule has 0 aliphatic heterocycles. The van der Waals surface area contributed by atoms with Gasteiger partial charge in [0.15, 0.2) is 6.10 Å². The van der Waals surface area contributed by atoms with E-state index in [1.807, 2.05) is 0 Å². The number of aliphatic hydroxyl groups excluding tert-OH is 1. The number of carbonyl (C=O) groups is 1. The van der Waals surface area contributed by atoms with Crippen molar-refractivity contribution >= 4 is 17.6 Å². The lowest BCUT2D eigenvalue weighted by molar-refractivity contribution is -0.153. The van der Waals surface area contributed by atoms with Gasteiger partial charge in [0.1, 0.15) is 0 Å². The van der Waals surface area contributed by atoms with Crippen molar-refractivity contribution in [3.8, 4) is 0 Å². The van der Waals surface area contributed by atoms with Crippen LogP contribution in [0, 0.1) is 0 Å². The summed E-state index contributed by atoms with van der Waals surface area (Å²) in [5.74, 6) is -0.680. The molecular weight excluding hydrogens is 204 g/mol. The third-order valence-electron chi connectivity index (χ3n) is 1.71. The highest BCUT2D eigenvalue weighted by atomic mass is 35.5. The topological polar surface area (TPSA) is 46.5 Å². The Balaban J connectivity index is 2.84. The molecule has 1 aromatic rings. The van der Waals surface area contributed by atoms with Gasteiger partial charge in [-0.1, -0.05) is 29.8 Å². The number of rotatable bonds is 3. The summed E-state index contributed by atoms with van der Waals surface area (Å²) in [6, 6.07) is 6.62. The van der Waals surface area contributed by atoms with E-state index in [0.29, 0.717) is 10.6 Å². The molecule has 0 bridgehead atoms. The molecule has 0 heterocycles. The van der Waals surface area contributed by atoms with Gasteiger partial charge in [0.05, 0.1) is 6.61 Å². The first-order valence-electron chi connectivity index (χ1n) is 4.26. The van der Waals surface area contributed by atoms with E-state index in [4.69, 9.17) is 11.6 Å². The maximum absolute atomic E-state index is 11.2. The van der Waals surface area contributed by atoms with Gasteiger partial charge in [-0.3, -0.25) is 0 Å². The van der Waals surface area contributed by atoms with Gasteiger partial charge in [-0.25, -0.2) is 4.79 Å². The van der Waals surface area contributed by atoms with Crippen LogP contribution in [0.5, 0.6) is 0 Å². The quantitative estimate of drug-likeness (QED) is 0.783. The van der Waals surface area contributed by atoms with Gasteiger partial charge >= 0.3 is 5.97 Å². The maximum atomic E-state index is 11.2. The molecule has 0 amide bonds. The first-order valence-corrected chi connectivity index (χ1v) is 4.63. The molecule has 0 radical (unpaired) electrons. The van der Waals surface area contributed by atoms with Crippen molar-refractivity contribution in [3.05, 3.63) is 34.9 Å². The third-order valence-corrected chi connectivity index (χ3v) is 2.05. The van der Waals surface area contributed by atoms with Crippen LogP contribution in [0.1, 0.15) is 18.6 Å². The highest BCUT2D eigenvalue weighted by molar-refractivity contribution is 6.31. The fourth-order valence-corrected chi connectivity index (χ4v) is 1.28. The van der Waals surface area contributed by atoms with Crippen LogP contribution in [0.15, 0.2) is 24.3 Å². The summed E-state index contributed by atoms with van der Waals surface area (Å²) in [7, 11) is 0. The predicted octanol–water partition coefficient (Wildman–Crippen LogP) is 1.94. The number of ether oxygens (including phenoxy) is 1. The number of carbonyl (C=O) groups excluding carboxylic acids is 1. The second kappa shape index (κ2) is 4.98. The van der Waals surface area contributed by atoms with E-state index in [-0.39, 0.29) is 6.61 Å². The molecule has 0 aliphatic rings. The van der Waals surface area contributed by atoms with E-state index >= 15 is 0 Å². The minimum Gasteiger partial charge on any atom is -0.464 e. The fourth-order valence-electron chi connectivity index (χ4n) is 1.05. The lowest BCUT2D eigenvalue weighted by Crippen LogP contribution is -2.15. The van der Waals surface area contributed by atoms with E-state index in [0.717, 1.165) is 0 Å². The first-order chi connectivity index (χ1) is 6.66. The Bertz CT molecular complexity index is 325. The second-order valence-corrected chi connectivity index (χ2v) is 3.08. The Morgan fingerprint density at radius 2 is 2.21 bits per heavy atom. The SMILES string of the molecule is CCOC(=O)[C@@H](O)c1ccccc1Cl. The van der Waals surface area contributed by atoms with Crippen LogP contribution in [0.3, 0.4) is 0 Å². The van der Waals surface area contributed by atoms with Gasteiger partial charge in [-0.15, -0.1) is 0 Å². The van der Waals surface area contributed by atoms with Crippen molar-refractivity contribution in [2.45, 2.75) is 13.0 Å². The Morgan fingerprint density at radius 3 is 2.79 bits per heavy atom. The lowest BCUT2D eigenvalue weighted by atomic mass is 10.1. The van der Waals surface area contributed by atoms with Crippen LogP contribution >= 0.6 is 11.6 Å². The predicted molar refractivity (Wildman–Crippen MR) is 53.0 cm³/mol. The van der Waals surface area contributed by atoms with Crippen molar-refractivity contribution < 1.29 is 14.6 Å². The number of hydrogen-bond donors (Lipinski definition) is 1. The van der Waals surface area contributed by atoms with Crippen LogP contribution < -0.4 is 0 Å². The zero-order valence-electron chi connectivity index (χ0n) is 7.74. The van der Waals surface area contributed by atoms with Crippen molar-refractivity contribution in [3.63, 3.8) is 0 Å². The van der Waals surface area contributed by atoms with Gasteiger partial charge in [-0.2, -0.15) is 0 Å². The molecule has 0 spiro atoms. The van der Waals surface area contributed by atoms with E-state index in [1.165, 1.54) is 0 Å². The van der Waals surface area contributed by atoms with Gasteiger partial charge in [0, 0.05) is 10.6 Å². The van der Waals surface area contributed by atoms with E-state index < -0.39 is 12.1 Å². The smallest absolute Gasteiger partial charge is 0.339 e. The fraction of sp³-hybridized carbons (Fsp3) is 0.300. The summed E-state index contributed by atoms with van der Waals surface area (Å²) in [6.45, 7) is 1.91. The molecule has 0 fully saturated rings. The van der Waals surface area contributed by atoms with Crippen LogP contribution in [-0.2, 0) is 9.53 Å². The standard InChI is InChI=1S/C10H11ClO3/c1-2-14-10(13)9(12)7-5-3-4-6-8(7)11/h3-6,9,12H,2H2,1H3/t9-/m0/s1. The monoisotopic (exact) mass is 214 g/mol. The molecule has 0 unspecified atom stereocenters. The highest BCUT2D eigenvalue weighted by Crippen LogP contribution is 2.23. The number of benzene rings is 1. The molecule has 1 aromatic carbocycles. The number of halogens is 1. The minimum absolute atomic E-state index is 0.236. The molecule has 0 aromatic heterocycles. The molecule has 76 valence electrons. The van der Waals surface area contributed by atoms with Crippen molar-refractivity contribution in [1.29, 1.82) is 0 Å². The van der Waals surface area contributed by atoms with Crippen molar-refractivity contribution in [2.24, 2.45) is 0 Å². The molecule has 4 heteroatoms. The zero-order valence-corrected chi connectivity index (χ0v) is 8.49. The molecule has 0 aliphatic carbocycles. The Labute approximate surface area is 87.3 Å². The average Bonchev–Trinajstić information content (AvgIpc) is 2.18. The molecular formula is C10H11ClO3. The summed E-state index contributed by atoms with van der Waals surface area (Å²) in [4.78, 5) is 11.2. The van der Waals surface area contributed by atoms with Crippen molar-refractivity contribution in [1.82, 2.24) is 0 Å². The average molecular weight is 215 g/mol. The maximum Gasteiger partial charge on any atom is 0.339 e. The lowest BCUT2D eigenvalue weighted by Gasteiger charge is -2.10. The molecule has 1 N–H and O–H groups in total.